The van der Waals surface area contributed by atoms with Crippen molar-refractivity contribution in [3.63, 3.8) is 0 Å². The first kappa shape index (κ1) is 18.1. The van der Waals surface area contributed by atoms with Crippen LogP contribution in [0, 0.1) is 0 Å². The molecule has 0 aliphatic carbocycles. The molecule has 1 aromatic heterocycles. The highest BCUT2D eigenvalue weighted by Crippen LogP contribution is 2.26. The largest absolute Gasteiger partial charge is 0.497 e. The Kier molecular flexibility index (Phi) is 4.99. The summed E-state index contributed by atoms with van der Waals surface area (Å²) in [4.78, 5) is 16.0. The van der Waals surface area contributed by atoms with Gasteiger partial charge in [0, 0.05) is 34.8 Å². The Hall–Kier alpha value is -3.32. The number of aromatic amines is 1. The minimum absolute atomic E-state index is 0.167. The Morgan fingerprint density at radius 2 is 2.07 bits per heavy atom. The minimum atomic E-state index is -0.332. The average Bonchev–Trinajstić information content (AvgIpc) is 3.11. The van der Waals surface area contributed by atoms with Crippen LogP contribution in [-0.4, -0.2) is 37.4 Å². The molecular formula is C21H22N4O3. The SMILES string of the molecule is COc1ccc(/C=N\NC(=O)[C@H]2Cc3c([nH]c4ccccc34)CN2)c(OC)c1. The molecule has 2 heterocycles. The number of ether oxygens (including phenoxy) is 2. The predicted molar refractivity (Wildman–Crippen MR) is 108 cm³/mol. The van der Waals surface area contributed by atoms with Crippen molar-refractivity contribution < 1.29 is 14.3 Å². The van der Waals surface area contributed by atoms with Crippen molar-refractivity contribution in [1.82, 2.24) is 15.7 Å². The summed E-state index contributed by atoms with van der Waals surface area (Å²) in [5, 5.41) is 8.53. The number of hydrazone groups is 1. The molecule has 0 bridgehead atoms. The second kappa shape index (κ2) is 7.74. The van der Waals surface area contributed by atoms with Gasteiger partial charge in [-0.3, -0.25) is 10.1 Å². The molecule has 3 aromatic rings. The molecule has 3 N–H and O–H groups in total. The van der Waals surface area contributed by atoms with Crippen LogP contribution in [0.25, 0.3) is 10.9 Å². The summed E-state index contributed by atoms with van der Waals surface area (Å²) in [5.41, 5.74) is 6.80. The number of H-pyrrole nitrogens is 1. The summed E-state index contributed by atoms with van der Waals surface area (Å²) < 4.78 is 10.5. The molecule has 1 atom stereocenters. The molecule has 0 radical (unpaired) electrons. The van der Waals surface area contributed by atoms with E-state index in [2.05, 4.69) is 33.0 Å². The van der Waals surface area contributed by atoms with E-state index in [1.165, 1.54) is 10.9 Å². The van der Waals surface area contributed by atoms with E-state index < -0.39 is 0 Å². The Balaban J connectivity index is 1.44. The minimum Gasteiger partial charge on any atom is -0.497 e. The van der Waals surface area contributed by atoms with Crippen LogP contribution in [0.2, 0.25) is 0 Å². The van der Waals surface area contributed by atoms with Crippen molar-refractivity contribution in [3.05, 3.63) is 59.3 Å². The summed E-state index contributed by atoms with van der Waals surface area (Å²) >= 11 is 0. The van der Waals surface area contributed by atoms with Gasteiger partial charge in [-0.15, -0.1) is 0 Å². The number of aromatic nitrogens is 1. The standard InChI is InChI=1S/C21H22N4O3/c1-27-14-8-7-13(20(9-14)28-2)11-23-25-21(26)18-10-16-15-5-3-4-6-17(15)24-19(16)12-22-18/h3-9,11,18,22,24H,10,12H2,1-2H3,(H,25,26)/b23-11-/t18-/m1/s1. The zero-order valence-corrected chi connectivity index (χ0v) is 15.8. The lowest BCUT2D eigenvalue weighted by atomic mass is 9.98. The van der Waals surface area contributed by atoms with E-state index in [0.717, 1.165) is 16.8 Å². The van der Waals surface area contributed by atoms with E-state index in [9.17, 15) is 4.79 Å². The van der Waals surface area contributed by atoms with Gasteiger partial charge >= 0.3 is 0 Å². The number of hydrogen-bond acceptors (Lipinski definition) is 5. The van der Waals surface area contributed by atoms with Gasteiger partial charge in [-0.25, -0.2) is 5.43 Å². The number of para-hydroxylation sites is 1. The van der Waals surface area contributed by atoms with Gasteiger partial charge in [-0.2, -0.15) is 5.10 Å². The Morgan fingerprint density at radius 1 is 1.21 bits per heavy atom. The molecule has 0 saturated heterocycles. The van der Waals surface area contributed by atoms with Crippen molar-refractivity contribution >= 4 is 23.0 Å². The molecule has 28 heavy (non-hydrogen) atoms. The van der Waals surface area contributed by atoms with Gasteiger partial charge in [-0.1, -0.05) is 18.2 Å². The van der Waals surface area contributed by atoms with Crippen LogP contribution in [0.1, 0.15) is 16.8 Å². The van der Waals surface area contributed by atoms with Gasteiger partial charge < -0.3 is 14.5 Å². The molecule has 0 spiro atoms. The quantitative estimate of drug-likeness (QED) is 0.470. The van der Waals surface area contributed by atoms with E-state index in [0.29, 0.717) is 24.5 Å². The summed E-state index contributed by atoms with van der Waals surface area (Å²) in [6.45, 7) is 0.623. The van der Waals surface area contributed by atoms with Crippen molar-refractivity contribution in [3.8, 4) is 11.5 Å². The molecule has 0 fully saturated rings. The first-order valence-corrected chi connectivity index (χ1v) is 9.06. The number of nitrogens with zero attached hydrogens (tertiary/aromatic N) is 1. The molecule has 144 valence electrons. The van der Waals surface area contributed by atoms with Gasteiger partial charge in [0.05, 0.1) is 26.5 Å². The molecule has 0 saturated carbocycles. The Morgan fingerprint density at radius 3 is 2.89 bits per heavy atom. The fraction of sp³-hybridized carbons (Fsp3) is 0.238. The maximum Gasteiger partial charge on any atom is 0.257 e. The zero-order valence-electron chi connectivity index (χ0n) is 15.8. The molecule has 1 aliphatic heterocycles. The fourth-order valence-electron chi connectivity index (χ4n) is 3.50. The number of benzene rings is 2. The topological polar surface area (TPSA) is 87.7 Å². The highest BCUT2D eigenvalue weighted by Gasteiger charge is 2.26. The highest BCUT2D eigenvalue weighted by atomic mass is 16.5. The number of fused-ring (bicyclic) bond motifs is 3. The number of hydrogen-bond donors (Lipinski definition) is 3. The first-order chi connectivity index (χ1) is 13.7. The van der Waals surface area contributed by atoms with Crippen molar-refractivity contribution in [2.45, 2.75) is 19.0 Å². The number of carbonyl (C=O) groups is 1. The van der Waals surface area contributed by atoms with E-state index in [1.807, 2.05) is 24.3 Å². The van der Waals surface area contributed by atoms with Gasteiger partial charge in [0.15, 0.2) is 0 Å². The normalized spacial score (nSPS) is 16.1. The number of carbonyl (C=O) groups excluding carboxylic acids is 1. The molecule has 7 heteroatoms. The van der Waals surface area contributed by atoms with Crippen LogP contribution in [0.3, 0.4) is 0 Å². The van der Waals surface area contributed by atoms with Crippen LogP contribution in [0.5, 0.6) is 11.5 Å². The molecule has 1 aliphatic rings. The van der Waals surface area contributed by atoms with Gasteiger partial charge in [0.1, 0.15) is 11.5 Å². The van der Waals surface area contributed by atoms with E-state index in [4.69, 9.17) is 9.47 Å². The van der Waals surface area contributed by atoms with Gasteiger partial charge in [0.25, 0.3) is 5.91 Å². The molecule has 0 unspecified atom stereocenters. The van der Waals surface area contributed by atoms with Crippen molar-refractivity contribution in [2.24, 2.45) is 5.10 Å². The first-order valence-electron chi connectivity index (χ1n) is 9.06. The summed E-state index contributed by atoms with van der Waals surface area (Å²) in [6.07, 6.45) is 2.18. The van der Waals surface area contributed by atoms with E-state index in [-0.39, 0.29) is 11.9 Å². The monoisotopic (exact) mass is 378 g/mol. The lowest BCUT2D eigenvalue weighted by Gasteiger charge is -2.22. The number of methoxy groups -OCH3 is 2. The highest BCUT2D eigenvalue weighted by molar-refractivity contribution is 5.89. The number of amides is 1. The lowest BCUT2D eigenvalue weighted by molar-refractivity contribution is -0.123. The van der Waals surface area contributed by atoms with Gasteiger partial charge in [0.2, 0.25) is 0 Å². The average molecular weight is 378 g/mol. The van der Waals surface area contributed by atoms with E-state index in [1.54, 1.807) is 26.5 Å². The summed E-state index contributed by atoms with van der Waals surface area (Å²) in [5.74, 6) is 1.15. The third-order valence-electron chi connectivity index (χ3n) is 4.97. The van der Waals surface area contributed by atoms with Gasteiger partial charge in [-0.05, 0) is 30.2 Å². The second-order valence-corrected chi connectivity index (χ2v) is 6.61. The fourth-order valence-corrected chi connectivity index (χ4v) is 3.50. The Bertz CT molecular complexity index is 1040. The van der Waals surface area contributed by atoms with Crippen LogP contribution in [-0.2, 0) is 17.8 Å². The summed E-state index contributed by atoms with van der Waals surface area (Å²) in [7, 11) is 3.18. The predicted octanol–water partition coefficient (Wildman–Crippen LogP) is 2.35. The number of nitrogens with one attached hydrogen (secondary N) is 3. The van der Waals surface area contributed by atoms with Crippen molar-refractivity contribution in [2.75, 3.05) is 14.2 Å². The second-order valence-electron chi connectivity index (χ2n) is 6.61. The smallest absolute Gasteiger partial charge is 0.257 e. The van der Waals surface area contributed by atoms with Crippen LogP contribution < -0.4 is 20.2 Å². The van der Waals surface area contributed by atoms with Crippen LogP contribution >= 0.6 is 0 Å². The molecule has 2 aromatic carbocycles. The molecular weight excluding hydrogens is 356 g/mol. The zero-order chi connectivity index (χ0) is 19.5. The van der Waals surface area contributed by atoms with Crippen LogP contribution in [0.15, 0.2) is 47.6 Å². The third-order valence-corrected chi connectivity index (χ3v) is 4.97. The van der Waals surface area contributed by atoms with E-state index >= 15 is 0 Å². The molecule has 4 rings (SSSR count). The summed E-state index contributed by atoms with van der Waals surface area (Å²) in [6, 6.07) is 13.2. The molecule has 7 nitrogen and oxygen atoms in total. The molecule has 1 amide bonds. The van der Waals surface area contributed by atoms with Crippen LogP contribution in [0.4, 0.5) is 0 Å². The maximum atomic E-state index is 12.6. The number of rotatable bonds is 5. The lowest BCUT2D eigenvalue weighted by Crippen LogP contribution is -2.46. The van der Waals surface area contributed by atoms with Crippen molar-refractivity contribution in [1.29, 1.82) is 0 Å². The third kappa shape index (κ3) is 3.44. The maximum absolute atomic E-state index is 12.6. The Labute approximate surface area is 162 Å².